The van der Waals surface area contributed by atoms with E-state index < -0.39 is 0 Å². The number of ether oxygens (including phenoxy) is 1. The minimum absolute atomic E-state index is 0.0197. The zero-order valence-corrected chi connectivity index (χ0v) is 10.2. The highest BCUT2D eigenvalue weighted by atomic mass is 16.5. The topological polar surface area (TPSA) is 56.2 Å². The highest BCUT2D eigenvalue weighted by Gasteiger charge is 2.12. The second-order valence-corrected chi connectivity index (χ2v) is 4.40. The molecule has 0 unspecified atom stereocenters. The number of aromatic nitrogens is 2. The first-order chi connectivity index (χ1) is 8.25. The Morgan fingerprint density at radius 1 is 1.53 bits per heavy atom. The van der Waals surface area contributed by atoms with Crippen LogP contribution in [0.2, 0.25) is 0 Å². The van der Waals surface area contributed by atoms with Crippen molar-refractivity contribution in [3.05, 3.63) is 28.4 Å². The molecule has 0 aliphatic carbocycles. The zero-order valence-electron chi connectivity index (χ0n) is 10.2. The van der Waals surface area contributed by atoms with E-state index >= 15 is 0 Å². The van der Waals surface area contributed by atoms with E-state index in [1.807, 2.05) is 6.92 Å². The van der Waals surface area contributed by atoms with E-state index in [4.69, 9.17) is 4.74 Å². The van der Waals surface area contributed by atoms with Crippen LogP contribution in [0.5, 0.6) is 0 Å². The largest absolute Gasteiger partial charge is 0.381 e. The molecule has 5 nitrogen and oxygen atoms in total. The maximum absolute atomic E-state index is 11.6. The van der Waals surface area contributed by atoms with E-state index in [-0.39, 0.29) is 5.56 Å². The summed E-state index contributed by atoms with van der Waals surface area (Å²) < 4.78 is 6.93. The lowest BCUT2D eigenvalue weighted by atomic mass is 10.1. The lowest BCUT2D eigenvalue weighted by molar-refractivity contribution is 0.0778. The summed E-state index contributed by atoms with van der Waals surface area (Å²) in [6.07, 6.45) is 3.73. The molecular weight excluding hydrogens is 218 g/mol. The van der Waals surface area contributed by atoms with Crippen LogP contribution in [-0.2, 0) is 11.3 Å². The summed E-state index contributed by atoms with van der Waals surface area (Å²) in [5, 5.41) is 3.44. The summed E-state index contributed by atoms with van der Waals surface area (Å²) in [5.41, 5.74) is 0.787. The summed E-state index contributed by atoms with van der Waals surface area (Å²) in [4.78, 5) is 15.7. The van der Waals surface area contributed by atoms with Crippen LogP contribution < -0.4 is 10.9 Å². The third-order valence-electron chi connectivity index (χ3n) is 3.02. The number of hydrogen-bond acceptors (Lipinski definition) is 4. The summed E-state index contributed by atoms with van der Waals surface area (Å²) >= 11 is 0. The first-order valence-corrected chi connectivity index (χ1v) is 6.10. The Kier molecular flexibility index (Phi) is 4.28. The highest BCUT2D eigenvalue weighted by molar-refractivity contribution is 4.95. The van der Waals surface area contributed by atoms with E-state index in [1.165, 1.54) is 0 Å². The molecule has 2 rings (SSSR count). The van der Waals surface area contributed by atoms with Gasteiger partial charge in [0, 0.05) is 44.1 Å². The Morgan fingerprint density at radius 2 is 2.29 bits per heavy atom. The molecule has 1 aromatic heterocycles. The van der Waals surface area contributed by atoms with Crippen LogP contribution in [0.3, 0.4) is 0 Å². The predicted molar refractivity (Wildman–Crippen MR) is 65.1 cm³/mol. The van der Waals surface area contributed by atoms with Gasteiger partial charge in [-0.25, -0.2) is 4.98 Å². The van der Waals surface area contributed by atoms with Gasteiger partial charge in [-0.1, -0.05) is 0 Å². The Bertz CT molecular complexity index is 410. The van der Waals surface area contributed by atoms with Crippen LogP contribution in [0.15, 0.2) is 17.2 Å². The van der Waals surface area contributed by atoms with E-state index in [2.05, 4.69) is 10.3 Å². The third kappa shape index (κ3) is 3.64. The molecule has 0 atom stereocenters. The lowest BCUT2D eigenvalue weighted by Crippen LogP contribution is -2.37. The first-order valence-electron chi connectivity index (χ1n) is 6.10. The van der Waals surface area contributed by atoms with E-state index in [1.54, 1.807) is 17.0 Å². The quantitative estimate of drug-likeness (QED) is 0.819. The van der Waals surface area contributed by atoms with Crippen molar-refractivity contribution in [2.45, 2.75) is 32.4 Å². The van der Waals surface area contributed by atoms with Gasteiger partial charge in [-0.15, -0.1) is 0 Å². The normalized spacial score (nSPS) is 17.2. The van der Waals surface area contributed by atoms with E-state index in [0.717, 1.165) is 38.3 Å². The van der Waals surface area contributed by atoms with Crippen LogP contribution in [0, 0.1) is 6.92 Å². The molecule has 1 fully saturated rings. The Morgan fingerprint density at radius 3 is 3.00 bits per heavy atom. The molecule has 2 heterocycles. The SMILES string of the molecule is Cc1cc(=O)n(CCNC2CCOCC2)cn1. The van der Waals surface area contributed by atoms with Gasteiger partial charge < -0.3 is 10.1 Å². The van der Waals surface area contributed by atoms with Crippen molar-refractivity contribution < 1.29 is 4.74 Å². The average Bonchev–Trinajstić information content (AvgIpc) is 2.33. The van der Waals surface area contributed by atoms with Crippen molar-refractivity contribution in [3.63, 3.8) is 0 Å². The van der Waals surface area contributed by atoms with Crippen molar-refractivity contribution in [1.29, 1.82) is 0 Å². The number of aryl methyl sites for hydroxylation is 1. The Labute approximate surface area is 101 Å². The molecule has 0 spiro atoms. The van der Waals surface area contributed by atoms with Crippen molar-refractivity contribution in [3.8, 4) is 0 Å². The molecular formula is C12H19N3O2. The Hall–Kier alpha value is -1.20. The van der Waals surface area contributed by atoms with Crippen molar-refractivity contribution in [2.75, 3.05) is 19.8 Å². The first kappa shape index (κ1) is 12.3. The van der Waals surface area contributed by atoms with Crippen molar-refractivity contribution in [1.82, 2.24) is 14.9 Å². The summed E-state index contributed by atoms with van der Waals surface area (Å²) in [7, 11) is 0. The molecule has 1 aliphatic heterocycles. The van der Waals surface area contributed by atoms with Gasteiger partial charge in [0.2, 0.25) is 0 Å². The molecule has 1 saturated heterocycles. The second kappa shape index (κ2) is 5.93. The van der Waals surface area contributed by atoms with Crippen LogP contribution >= 0.6 is 0 Å². The molecule has 0 radical (unpaired) electrons. The summed E-state index contributed by atoms with van der Waals surface area (Å²) in [6, 6.07) is 2.09. The van der Waals surface area contributed by atoms with Crippen LogP contribution in [-0.4, -0.2) is 35.4 Å². The smallest absolute Gasteiger partial charge is 0.253 e. The third-order valence-corrected chi connectivity index (χ3v) is 3.02. The number of nitrogens with one attached hydrogen (secondary N) is 1. The Balaban J connectivity index is 1.79. The van der Waals surface area contributed by atoms with Gasteiger partial charge in [-0.3, -0.25) is 9.36 Å². The van der Waals surface area contributed by atoms with Gasteiger partial charge in [0.1, 0.15) is 0 Å². The van der Waals surface area contributed by atoms with Crippen molar-refractivity contribution in [2.24, 2.45) is 0 Å². The van der Waals surface area contributed by atoms with Crippen LogP contribution in [0.1, 0.15) is 18.5 Å². The minimum Gasteiger partial charge on any atom is -0.381 e. The maximum Gasteiger partial charge on any atom is 0.253 e. The fourth-order valence-electron chi connectivity index (χ4n) is 1.98. The molecule has 0 saturated carbocycles. The lowest BCUT2D eigenvalue weighted by Gasteiger charge is -2.23. The molecule has 0 amide bonds. The van der Waals surface area contributed by atoms with Crippen LogP contribution in [0.25, 0.3) is 0 Å². The molecule has 0 aromatic carbocycles. The fourth-order valence-corrected chi connectivity index (χ4v) is 1.98. The molecule has 94 valence electrons. The summed E-state index contributed by atoms with van der Waals surface area (Å²) in [6.45, 7) is 4.97. The molecule has 5 heteroatoms. The van der Waals surface area contributed by atoms with Gasteiger partial charge in [0.05, 0.1) is 6.33 Å². The maximum atomic E-state index is 11.6. The molecule has 17 heavy (non-hydrogen) atoms. The zero-order chi connectivity index (χ0) is 12.1. The van der Waals surface area contributed by atoms with Gasteiger partial charge in [-0.2, -0.15) is 0 Å². The van der Waals surface area contributed by atoms with Gasteiger partial charge in [-0.05, 0) is 19.8 Å². The number of nitrogens with zero attached hydrogens (tertiary/aromatic N) is 2. The van der Waals surface area contributed by atoms with Crippen LogP contribution in [0.4, 0.5) is 0 Å². The van der Waals surface area contributed by atoms with E-state index in [0.29, 0.717) is 12.6 Å². The standard InChI is InChI=1S/C12H19N3O2/c1-10-8-12(16)15(9-14-10)5-4-13-11-2-6-17-7-3-11/h8-9,11,13H,2-7H2,1H3. The van der Waals surface area contributed by atoms with Gasteiger partial charge in [0.15, 0.2) is 0 Å². The number of hydrogen-bond donors (Lipinski definition) is 1. The molecule has 1 aromatic rings. The highest BCUT2D eigenvalue weighted by Crippen LogP contribution is 2.05. The molecule has 1 N–H and O–H groups in total. The van der Waals surface area contributed by atoms with E-state index in [9.17, 15) is 4.79 Å². The van der Waals surface area contributed by atoms with Gasteiger partial charge in [0.25, 0.3) is 5.56 Å². The van der Waals surface area contributed by atoms with Gasteiger partial charge >= 0.3 is 0 Å². The molecule has 1 aliphatic rings. The predicted octanol–water partition coefficient (Wildman–Crippen LogP) is 0.320. The minimum atomic E-state index is 0.0197. The fraction of sp³-hybridized carbons (Fsp3) is 0.667. The van der Waals surface area contributed by atoms with Crippen molar-refractivity contribution >= 4 is 0 Å². The monoisotopic (exact) mass is 237 g/mol. The summed E-state index contributed by atoms with van der Waals surface area (Å²) in [5.74, 6) is 0. The number of rotatable bonds is 4. The average molecular weight is 237 g/mol. The molecule has 0 bridgehead atoms. The second-order valence-electron chi connectivity index (χ2n) is 4.40.